The van der Waals surface area contributed by atoms with Crippen LogP contribution in [0.1, 0.15) is 49.3 Å². The zero-order valence-corrected chi connectivity index (χ0v) is 28.2. The number of rotatable bonds is 14. The molecule has 10 heteroatoms. The lowest BCUT2D eigenvalue weighted by atomic mass is 10.0. The van der Waals surface area contributed by atoms with Crippen LogP contribution in [0.5, 0.6) is 5.75 Å². The minimum Gasteiger partial charge on any atom is -0.492 e. The fraction of sp³-hybridized carbons (Fsp3) is 0.316. The van der Waals surface area contributed by atoms with Crippen LogP contribution >= 0.6 is 0 Å². The molecular formula is C38H42FN3O5S. The number of carbonyl (C=O) groups excluding carboxylic acids is 2. The van der Waals surface area contributed by atoms with Crippen molar-refractivity contribution in [3.05, 3.63) is 126 Å². The van der Waals surface area contributed by atoms with E-state index in [1.54, 1.807) is 55.5 Å². The summed E-state index contributed by atoms with van der Waals surface area (Å²) in [6.45, 7) is 3.28. The number of ether oxygens (including phenoxy) is 1. The van der Waals surface area contributed by atoms with E-state index in [1.165, 1.54) is 29.2 Å². The Labute approximate surface area is 282 Å². The standard InChI is InChI=1S/C38H42FN3O5S/c1-3-47-36-16-10-9-15-34(36)42(48(45,46)33-23-17-28(2)18-24-33)27-37(43)41(26-30-19-21-31(39)22-20-30)35(25-29-11-5-4-6-12-29)38(44)40-32-13-7-8-14-32/h4-6,9-12,15-24,32,35H,3,7-8,13-14,25-27H2,1-2H3,(H,40,44)/t35-/m0/s1. The van der Waals surface area contributed by atoms with Crippen molar-refractivity contribution < 1.29 is 27.1 Å². The minimum atomic E-state index is -4.29. The van der Waals surface area contributed by atoms with Gasteiger partial charge in [0.15, 0.2) is 0 Å². The predicted octanol–water partition coefficient (Wildman–Crippen LogP) is 6.43. The average molecular weight is 672 g/mol. The van der Waals surface area contributed by atoms with Crippen molar-refractivity contribution in [1.82, 2.24) is 10.2 Å². The molecule has 1 aliphatic carbocycles. The van der Waals surface area contributed by atoms with Crippen molar-refractivity contribution >= 4 is 27.5 Å². The maximum Gasteiger partial charge on any atom is 0.264 e. The van der Waals surface area contributed by atoms with Crippen LogP contribution < -0.4 is 14.4 Å². The Morgan fingerprint density at radius 1 is 0.875 bits per heavy atom. The molecule has 2 amide bonds. The first kappa shape index (κ1) is 34.6. The molecule has 5 rings (SSSR count). The molecule has 1 N–H and O–H groups in total. The zero-order valence-electron chi connectivity index (χ0n) is 27.3. The number of nitrogens with zero attached hydrogens (tertiary/aromatic N) is 2. The largest absolute Gasteiger partial charge is 0.492 e. The number of aryl methyl sites for hydroxylation is 1. The van der Waals surface area contributed by atoms with Crippen molar-refractivity contribution in [2.75, 3.05) is 17.5 Å². The molecule has 1 saturated carbocycles. The molecule has 0 spiro atoms. The van der Waals surface area contributed by atoms with Gasteiger partial charge in [0.2, 0.25) is 11.8 Å². The lowest BCUT2D eigenvalue weighted by Crippen LogP contribution is -2.54. The van der Waals surface area contributed by atoms with Gasteiger partial charge in [-0.25, -0.2) is 12.8 Å². The molecule has 0 aliphatic heterocycles. The van der Waals surface area contributed by atoms with Crippen molar-refractivity contribution in [3.63, 3.8) is 0 Å². The van der Waals surface area contributed by atoms with Crippen LogP contribution in [0.2, 0.25) is 0 Å². The van der Waals surface area contributed by atoms with E-state index in [4.69, 9.17) is 4.74 Å². The normalized spacial score (nSPS) is 13.9. The van der Waals surface area contributed by atoms with Crippen LogP contribution in [0.15, 0.2) is 108 Å². The Morgan fingerprint density at radius 2 is 1.52 bits per heavy atom. The smallest absolute Gasteiger partial charge is 0.264 e. The summed E-state index contributed by atoms with van der Waals surface area (Å²) < 4.78 is 49.5. The van der Waals surface area contributed by atoms with Crippen molar-refractivity contribution in [3.8, 4) is 5.75 Å². The van der Waals surface area contributed by atoms with Gasteiger partial charge in [0.1, 0.15) is 24.2 Å². The van der Waals surface area contributed by atoms with Crippen LogP contribution in [-0.2, 0) is 32.6 Å². The molecule has 0 saturated heterocycles. The molecule has 0 heterocycles. The van der Waals surface area contributed by atoms with E-state index in [0.29, 0.717) is 11.3 Å². The van der Waals surface area contributed by atoms with E-state index in [1.807, 2.05) is 37.3 Å². The first-order valence-electron chi connectivity index (χ1n) is 16.3. The second-order valence-corrected chi connectivity index (χ2v) is 13.9. The van der Waals surface area contributed by atoms with E-state index in [0.717, 1.165) is 41.1 Å². The number of halogens is 1. The summed E-state index contributed by atoms with van der Waals surface area (Å²) in [6, 6.07) is 27.2. The van der Waals surface area contributed by atoms with Gasteiger partial charge in [0, 0.05) is 19.0 Å². The number of amides is 2. The van der Waals surface area contributed by atoms with Crippen LogP contribution in [-0.4, -0.2) is 50.4 Å². The van der Waals surface area contributed by atoms with Crippen LogP contribution in [0.3, 0.4) is 0 Å². The summed E-state index contributed by atoms with van der Waals surface area (Å²) in [4.78, 5) is 30.3. The topological polar surface area (TPSA) is 96.0 Å². The molecule has 0 unspecified atom stereocenters. The molecular weight excluding hydrogens is 629 g/mol. The second kappa shape index (κ2) is 15.9. The fourth-order valence-corrected chi connectivity index (χ4v) is 7.42. The number of sulfonamides is 1. The van der Waals surface area contributed by atoms with Crippen LogP contribution in [0.4, 0.5) is 10.1 Å². The summed E-state index contributed by atoms with van der Waals surface area (Å²) in [5.41, 5.74) is 2.52. The number of hydrogen-bond donors (Lipinski definition) is 1. The van der Waals surface area contributed by atoms with Gasteiger partial charge < -0.3 is 15.0 Å². The molecule has 4 aromatic rings. The highest BCUT2D eigenvalue weighted by molar-refractivity contribution is 7.92. The molecule has 0 bridgehead atoms. The van der Waals surface area contributed by atoms with Gasteiger partial charge in [0.25, 0.3) is 10.0 Å². The molecule has 48 heavy (non-hydrogen) atoms. The van der Waals surface area contributed by atoms with Crippen LogP contribution in [0.25, 0.3) is 0 Å². The van der Waals surface area contributed by atoms with Gasteiger partial charge in [-0.3, -0.25) is 13.9 Å². The fourth-order valence-electron chi connectivity index (χ4n) is 6.00. The highest BCUT2D eigenvalue weighted by atomic mass is 32.2. The Hall–Kier alpha value is -4.70. The Kier molecular flexibility index (Phi) is 11.5. The van der Waals surface area contributed by atoms with Gasteiger partial charge in [-0.05, 0) is 74.2 Å². The van der Waals surface area contributed by atoms with Crippen LogP contribution in [0, 0.1) is 12.7 Å². The maximum atomic E-state index is 14.7. The molecule has 0 aromatic heterocycles. The third-order valence-corrected chi connectivity index (χ3v) is 10.3. The summed E-state index contributed by atoms with van der Waals surface area (Å²) >= 11 is 0. The Morgan fingerprint density at radius 3 is 2.19 bits per heavy atom. The summed E-state index contributed by atoms with van der Waals surface area (Å²) in [5, 5.41) is 3.16. The number of para-hydroxylation sites is 2. The zero-order chi connectivity index (χ0) is 34.1. The van der Waals surface area contributed by atoms with Crippen molar-refractivity contribution in [2.24, 2.45) is 0 Å². The number of hydrogen-bond acceptors (Lipinski definition) is 5. The van der Waals surface area contributed by atoms with Gasteiger partial charge >= 0.3 is 0 Å². The summed E-state index contributed by atoms with van der Waals surface area (Å²) in [5.74, 6) is -1.04. The monoisotopic (exact) mass is 671 g/mol. The Bertz CT molecular complexity index is 1780. The molecule has 1 aliphatic rings. The van der Waals surface area contributed by atoms with Gasteiger partial charge in [-0.1, -0.05) is 85.1 Å². The number of anilines is 1. The molecule has 4 aromatic carbocycles. The lowest BCUT2D eigenvalue weighted by molar-refractivity contribution is -0.140. The van der Waals surface area contributed by atoms with E-state index < -0.39 is 34.3 Å². The molecule has 0 radical (unpaired) electrons. The number of benzene rings is 4. The van der Waals surface area contributed by atoms with Crippen molar-refractivity contribution in [2.45, 2.75) is 69.5 Å². The number of nitrogens with one attached hydrogen (secondary N) is 1. The van der Waals surface area contributed by atoms with E-state index >= 15 is 0 Å². The summed E-state index contributed by atoms with van der Waals surface area (Å²) in [7, 11) is -4.29. The third-order valence-electron chi connectivity index (χ3n) is 8.56. The third kappa shape index (κ3) is 8.60. The van der Waals surface area contributed by atoms with Gasteiger partial charge in [-0.15, -0.1) is 0 Å². The predicted molar refractivity (Wildman–Crippen MR) is 185 cm³/mol. The van der Waals surface area contributed by atoms with E-state index in [-0.39, 0.29) is 42.1 Å². The first-order valence-corrected chi connectivity index (χ1v) is 17.8. The molecule has 1 atom stereocenters. The molecule has 252 valence electrons. The first-order chi connectivity index (χ1) is 23.2. The summed E-state index contributed by atoms with van der Waals surface area (Å²) in [6.07, 6.45) is 3.93. The lowest BCUT2D eigenvalue weighted by Gasteiger charge is -2.34. The highest BCUT2D eigenvalue weighted by Gasteiger charge is 2.36. The second-order valence-electron chi connectivity index (χ2n) is 12.1. The average Bonchev–Trinajstić information content (AvgIpc) is 3.60. The number of carbonyl (C=O) groups is 2. The van der Waals surface area contributed by atoms with E-state index in [2.05, 4.69) is 5.32 Å². The SMILES string of the molecule is CCOc1ccccc1N(CC(=O)N(Cc1ccc(F)cc1)[C@@H](Cc1ccccc1)C(=O)NC1CCCC1)S(=O)(=O)c1ccc(C)cc1. The minimum absolute atomic E-state index is 0.00460. The quantitative estimate of drug-likeness (QED) is 0.167. The maximum absolute atomic E-state index is 14.7. The van der Waals surface area contributed by atoms with E-state index in [9.17, 15) is 22.4 Å². The van der Waals surface area contributed by atoms with Gasteiger partial charge in [-0.2, -0.15) is 0 Å². The molecule has 1 fully saturated rings. The molecule has 8 nitrogen and oxygen atoms in total. The highest BCUT2D eigenvalue weighted by Crippen LogP contribution is 2.33. The van der Waals surface area contributed by atoms with Crippen molar-refractivity contribution in [1.29, 1.82) is 0 Å². The van der Waals surface area contributed by atoms with Gasteiger partial charge in [0.05, 0.1) is 17.2 Å². The Balaban J connectivity index is 1.59.